The first kappa shape index (κ1) is 17.0. The Morgan fingerprint density at radius 2 is 2.11 bits per heavy atom. The summed E-state index contributed by atoms with van der Waals surface area (Å²) in [6, 6.07) is 7.20. The Morgan fingerprint density at radius 3 is 2.81 bits per heavy atom. The number of benzene rings is 1. The van der Waals surface area contributed by atoms with E-state index in [1.54, 1.807) is 35.2 Å². The van der Waals surface area contributed by atoms with E-state index in [4.69, 9.17) is 4.74 Å². The fourth-order valence-corrected chi connectivity index (χ4v) is 3.10. The molecule has 3 aliphatic rings. The maximum Gasteiger partial charge on any atom is 0.341 e. The van der Waals surface area contributed by atoms with E-state index in [1.165, 1.54) is 7.11 Å². The summed E-state index contributed by atoms with van der Waals surface area (Å²) in [5, 5.41) is 9.18. The van der Waals surface area contributed by atoms with Gasteiger partial charge in [-0.05, 0) is 31.0 Å². The molecule has 8 heteroatoms. The molecule has 1 fully saturated rings. The Hall–Kier alpha value is -3.42. The van der Waals surface area contributed by atoms with Gasteiger partial charge in [0.25, 0.3) is 5.56 Å². The quantitative estimate of drug-likeness (QED) is 0.689. The summed E-state index contributed by atoms with van der Waals surface area (Å²) in [5.74, 6) is -0.487. The van der Waals surface area contributed by atoms with Gasteiger partial charge in [0.15, 0.2) is 0 Å². The highest BCUT2D eigenvalue weighted by atomic mass is 16.5. The summed E-state index contributed by atoms with van der Waals surface area (Å²) in [4.78, 5) is 36.3. The van der Waals surface area contributed by atoms with Crippen LogP contribution in [0.3, 0.4) is 0 Å². The molecule has 8 nitrogen and oxygen atoms in total. The molecule has 0 bridgehead atoms. The van der Waals surface area contributed by atoms with Crippen LogP contribution in [0.5, 0.6) is 0 Å². The maximum absolute atomic E-state index is 12.2. The number of esters is 1. The van der Waals surface area contributed by atoms with Gasteiger partial charge in [-0.15, -0.1) is 0 Å². The number of amides is 1. The molecule has 2 aliphatic heterocycles. The molecular weight excluding hydrogens is 348 g/mol. The Labute approximate surface area is 154 Å². The van der Waals surface area contributed by atoms with Crippen molar-refractivity contribution in [2.45, 2.75) is 19.3 Å². The Balaban J connectivity index is 1.73. The zero-order valence-electron chi connectivity index (χ0n) is 14.7. The average molecular weight is 366 g/mol. The number of pyridine rings is 1. The molecule has 1 aliphatic carbocycles. The SMILES string of the molecule is COC(=O)c1cn(-c2cccc(NC(=O)C3CCC3)c2)cc2c(=O)[nH]nc1-2. The number of nitrogens with zero attached hydrogens (tertiary/aromatic N) is 2. The maximum atomic E-state index is 12.2. The van der Waals surface area contributed by atoms with Crippen molar-refractivity contribution >= 4 is 17.6 Å². The molecule has 0 atom stereocenters. The van der Waals surface area contributed by atoms with Crippen molar-refractivity contribution in [2.24, 2.45) is 5.92 Å². The second-order valence-electron chi connectivity index (χ2n) is 6.55. The van der Waals surface area contributed by atoms with E-state index in [0.717, 1.165) is 19.3 Å². The van der Waals surface area contributed by atoms with E-state index in [-0.39, 0.29) is 34.2 Å². The molecular formula is C19H18N4O4. The van der Waals surface area contributed by atoms with Crippen LogP contribution in [0, 0.1) is 5.92 Å². The predicted octanol–water partition coefficient (Wildman–Crippen LogP) is 2.19. The summed E-state index contributed by atoms with van der Waals surface area (Å²) < 4.78 is 6.44. The lowest BCUT2D eigenvalue weighted by Gasteiger charge is -2.24. The van der Waals surface area contributed by atoms with E-state index < -0.39 is 5.97 Å². The minimum absolute atomic E-state index is 0.0192. The first-order chi connectivity index (χ1) is 13.1. The standard InChI is InChI=1S/C19H18N4O4/c1-27-19(26)15-10-23(9-14-16(15)21-22-18(14)25)13-7-3-6-12(8-13)20-17(24)11-4-2-5-11/h3,6-11H,2,4-5H2,1H3,(H,20,24)(H,22,25). The molecule has 2 heterocycles. The molecule has 0 aromatic heterocycles. The lowest BCUT2D eigenvalue weighted by Crippen LogP contribution is -2.28. The van der Waals surface area contributed by atoms with Crippen LogP contribution in [0.15, 0.2) is 41.5 Å². The van der Waals surface area contributed by atoms with E-state index in [1.807, 2.05) is 6.07 Å². The molecule has 138 valence electrons. The fourth-order valence-electron chi connectivity index (χ4n) is 3.10. The molecule has 1 saturated carbocycles. The number of nitrogens with one attached hydrogen (secondary N) is 2. The number of rotatable bonds is 4. The number of aromatic amines is 1. The van der Waals surface area contributed by atoms with Gasteiger partial charge in [-0.2, -0.15) is 5.10 Å². The van der Waals surface area contributed by atoms with Crippen LogP contribution >= 0.6 is 0 Å². The van der Waals surface area contributed by atoms with Gasteiger partial charge in [0.1, 0.15) is 11.3 Å². The number of H-pyrrole nitrogens is 1. The van der Waals surface area contributed by atoms with Crippen LogP contribution < -0.4 is 10.9 Å². The van der Waals surface area contributed by atoms with Gasteiger partial charge >= 0.3 is 5.97 Å². The third-order valence-corrected chi connectivity index (χ3v) is 4.85. The van der Waals surface area contributed by atoms with Gasteiger partial charge in [0.2, 0.25) is 5.91 Å². The number of anilines is 1. The molecule has 0 unspecified atom stereocenters. The van der Waals surface area contributed by atoms with Gasteiger partial charge in [-0.25, -0.2) is 9.89 Å². The second-order valence-corrected chi connectivity index (χ2v) is 6.55. The van der Waals surface area contributed by atoms with Crippen molar-refractivity contribution in [3.8, 4) is 16.9 Å². The third kappa shape index (κ3) is 3.10. The number of ether oxygens (including phenoxy) is 1. The molecule has 0 saturated heterocycles. The molecule has 27 heavy (non-hydrogen) atoms. The molecule has 1 amide bonds. The minimum atomic E-state index is -0.588. The predicted molar refractivity (Wildman–Crippen MR) is 98.1 cm³/mol. The van der Waals surface area contributed by atoms with Crippen molar-refractivity contribution in [2.75, 3.05) is 12.4 Å². The van der Waals surface area contributed by atoms with Gasteiger partial charge in [-0.3, -0.25) is 9.59 Å². The van der Waals surface area contributed by atoms with Crippen LogP contribution in [0.4, 0.5) is 5.69 Å². The Kier molecular flexibility index (Phi) is 4.23. The van der Waals surface area contributed by atoms with Crippen LogP contribution in [-0.4, -0.2) is 33.8 Å². The highest BCUT2D eigenvalue weighted by Crippen LogP contribution is 2.28. The molecule has 1 aromatic carbocycles. The first-order valence-electron chi connectivity index (χ1n) is 8.67. The summed E-state index contributed by atoms with van der Waals surface area (Å²) in [7, 11) is 1.27. The zero-order chi connectivity index (χ0) is 19.0. The summed E-state index contributed by atoms with van der Waals surface area (Å²) in [6.45, 7) is 0. The van der Waals surface area contributed by atoms with Crippen LogP contribution in [-0.2, 0) is 9.53 Å². The largest absolute Gasteiger partial charge is 0.465 e. The number of hydrogen-bond donors (Lipinski definition) is 2. The van der Waals surface area contributed by atoms with Crippen molar-refractivity contribution in [1.29, 1.82) is 0 Å². The number of fused-ring (bicyclic) bond motifs is 1. The minimum Gasteiger partial charge on any atom is -0.465 e. The molecule has 0 spiro atoms. The Bertz CT molecular complexity index is 1050. The number of carbonyl (C=O) groups excluding carboxylic acids is 2. The van der Waals surface area contributed by atoms with Crippen LogP contribution in [0.1, 0.15) is 29.6 Å². The third-order valence-electron chi connectivity index (χ3n) is 4.85. The van der Waals surface area contributed by atoms with Crippen LogP contribution in [0.2, 0.25) is 0 Å². The molecule has 4 rings (SSSR count). The highest BCUT2D eigenvalue weighted by molar-refractivity contribution is 5.96. The zero-order valence-corrected chi connectivity index (χ0v) is 14.7. The number of hydrogen-bond acceptors (Lipinski definition) is 5. The highest BCUT2D eigenvalue weighted by Gasteiger charge is 2.25. The Morgan fingerprint density at radius 1 is 1.30 bits per heavy atom. The summed E-state index contributed by atoms with van der Waals surface area (Å²) >= 11 is 0. The smallest absolute Gasteiger partial charge is 0.341 e. The fraction of sp³-hybridized carbons (Fsp3) is 0.263. The van der Waals surface area contributed by atoms with Crippen molar-refractivity contribution in [1.82, 2.24) is 14.8 Å². The van der Waals surface area contributed by atoms with Gasteiger partial charge in [0.05, 0.1) is 12.7 Å². The lowest BCUT2D eigenvalue weighted by molar-refractivity contribution is -0.122. The van der Waals surface area contributed by atoms with E-state index in [2.05, 4.69) is 15.5 Å². The monoisotopic (exact) mass is 366 g/mol. The van der Waals surface area contributed by atoms with E-state index in [0.29, 0.717) is 11.4 Å². The normalized spacial score (nSPS) is 14.0. The van der Waals surface area contributed by atoms with Gasteiger partial charge in [-0.1, -0.05) is 12.5 Å². The molecule has 0 radical (unpaired) electrons. The van der Waals surface area contributed by atoms with E-state index in [9.17, 15) is 14.4 Å². The number of aromatic nitrogens is 3. The molecule has 2 N–H and O–H groups in total. The number of carbonyl (C=O) groups is 2. The van der Waals surface area contributed by atoms with Crippen molar-refractivity contribution in [3.05, 3.63) is 52.6 Å². The lowest BCUT2D eigenvalue weighted by atomic mass is 9.85. The molecule has 1 aromatic rings. The van der Waals surface area contributed by atoms with E-state index >= 15 is 0 Å². The topological polar surface area (TPSA) is 106 Å². The van der Waals surface area contributed by atoms with Crippen molar-refractivity contribution in [3.63, 3.8) is 0 Å². The van der Waals surface area contributed by atoms with Gasteiger partial charge in [0, 0.05) is 29.7 Å². The summed E-state index contributed by atoms with van der Waals surface area (Å²) in [6.07, 6.45) is 6.09. The number of methoxy groups -OCH3 is 1. The van der Waals surface area contributed by atoms with Crippen molar-refractivity contribution < 1.29 is 14.3 Å². The average Bonchev–Trinajstić information content (AvgIpc) is 3.00. The van der Waals surface area contributed by atoms with Gasteiger partial charge < -0.3 is 14.6 Å². The van der Waals surface area contributed by atoms with Crippen LogP contribution in [0.25, 0.3) is 16.9 Å². The second kappa shape index (κ2) is 6.71. The summed E-state index contributed by atoms with van der Waals surface area (Å²) in [5.41, 5.74) is 1.68. The first-order valence-corrected chi connectivity index (χ1v) is 8.67.